The van der Waals surface area contributed by atoms with E-state index in [0.29, 0.717) is 18.5 Å². The monoisotopic (exact) mass is 284 g/mol. The summed E-state index contributed by atoms with van der Waals surface area (Å²) in [5, 5.41) is 0. The summed E-state index contributed by atoms with van der Waals surface area (Å²) in [5.74, 6) is 1.41. The van der Waals surface area contributed by atoms with Crippen LogP contribution in [0.5, 0.6) is 0 Å². The fraction of sp³-hybridized carbons (Fsp3) is 0.636. The Morgan fingerprint density at radius 1 is 1.50 bits per heavy atom. The first-order chi connectivity index (χ1) is 7.72. The number of hydrogen-bond donors (Lipinski definition) is 1. The van der Waals surface area contributed by atoms with Gasteiger partial charge in [0.15, 0.2) is 0 Å². The molecule has 0 saturated carbocycles. The number of aromatic nitrogens is 2. The lowest BCUT2D eigenvalue weighted by atomic mass is 9.91. The average Bonchev–Trinajstić information content (AvgIpc) is 2.30. The first-order valence-electron chi connectivity index (χ1n) is 5.66. The highest BCUT2D eigenvalue weighted by atomic mass is 79.9. The van der Waals surface area contributed by atoms with Gasteiger partial charge < -0.3 is 10.6 Å². The molecule has 2 atom stereocenters. The van der Waals surface area contributed by atoms with Crippen molar-refractivity contribution in [3.63, 3.8) is 0 Å². The van der Waals surface area contributed by atoms with Crippen LogP contribution in [0.4, 0.5) is 5.95 Å². The van der Waals surface area contributed by atoms with Gasteiger partial charge in [0.25, 0.3) is 0 Å². The molecule has 1 saturated heterocycles. The standard InChI is InChI=1S/C11H17BrN4/c1-8-3-2-4-16(10(8)5-13)11-14-6-9(12)7-15-11/h6-8,10H,2-5,13H2,1H3. The van der Waals surface area contributed by atoms with Crippen LogP contribution in [0, 0.1) is 5.92 Å². The van der Waals surface area contributed by atoms with Crippen molar-refractivity contribution in [1.82, 2.24) is 9.97 Å². The summed E-state index contributed by atoms with van der Waals surface area (Å²) >= 11 is 3.35. The van der Waals surface area contributed by atoms with Gasteiger partial charge in [-0.15, -0.1) is 0 Å². The van der Waals surface area contributed by atoms with E-state index in [1.54, 1.807) is 12.4 Å². The number of hydrogen-bond acceptors (Lipinski definition) is 4. The molecule has 5 heteroatoms. The van der Waals surface area contributed by atoms with Crippen molar-refractivity contribution in [3.8, 4) is 0 Å². The molecule has 2 rings (SSSR count). The van der Waals surface area contributed by atoms with Crippen LogP contribution in [-0.2, 0) is 0 Å². The van der Waals surface area contributed by atoms with Gasteiger partial charge in [-0.2, -0.15) is 0 Å². The van der Waals surface area contributed by atoms with E-state index in [0.717, 1.165) is 17.0 Å². The average molecular weight is 285 g/mol. The van der Waals surface area contributed by atoms with Gasteiger partial charge in [-0.3, -0.25) is 0 Å². The molecule has 0 amide bonds. The molecule has 16 heavy (non-hydrogen) atoms. The summed E-state index contributed by atoms with van der Waals surface area (Å²) < 4.78 is 0.908. The van der Waals surface area contributed by atoms with E-state index in [4.69, 9.17) is 5.73 Å². The molecule has 4 nitrogen and oxygen atoms in total. The number of piperidine rings is 1. The normalized spacial score (nSPS) is 25.8. The number of halogens is 1. The molecule has 1 aliphatic rings. The van der Waals surface area contributed by atoms with E-state index in [9.17, 15) is 0 Å². The van der Waals surface area contributed by atoms with Gasteiger partial charge >= 0.3 is 0 Å². The largest absolute Gasteiger partial charge is 0.336 e. The SMILES string of the molecule is CC1CCCN(c2ncc(Br)cn2)C1CN. The molecule has 1 aliphatic heterocycles. The Bertz CT molecular complexity index is 340. The van der Waals surface area contributed by atoms with Gasteiger partial charge in [-0.05, 0) is 34.7 Å². The zero-order valence-electron chi connectivity index (χ0n) is 9.43. The Labute approximate surface area is 104 Å². The topological polar surface area (TPSA) is 55.0 Å². The van der Waals surface area contributed by atoms with Crippen molar-refractivity contribution in [2.75, 3.05) is 18.0 Å². The summed E-state index contributed by atoms with van der Waals surface area (Å²) in [5.41, 5.74) is 5.84. The molecule has 1 aromatic rings. The lowest BCUT2D eigenvalue weighted by Crippen LogP contribution is -2.49. The molecule has 2 heterocycles. The molecule has 2 unspecified atom stereocenters. The lowest BCUT2D eigenvalue weighted by molar-refractivity contribution is 0.346. The second kappa shape index (κ2) is 5.10. The van der Waals surface area contributed by atoms with Crippen molar-refractivity contribution in [1.29, 1.82) is 0 Å². The Hall–Kier alpha value is -0.680. The quantitative estimate of drug-likeness (QED) is 0.900. The van der Waals surface area contributed by atoms with Crippen LogP contribution in [0.2, 0.25) is 0 Å². The minimum Gasteiger partial charge on any atom is -0.336 e. The maximum atomic E-state index is 5.84. The summed E-state index contributed by atoms with van der Waals surface area (Å²) in [4.78, 5) is 10.9. The van der Waals surface area contributed by atoms with E-state index in [1.807, 2.05) is 0 Å². The lowest BCUT2D eigenvalue weighted by Gasteiger charge is -2.39. The zero-order valence-corrected chi connectivity index (χ0v) is 11.0. The minimum absolute atomic E-state index is 0.370. The van der Waals surface area contributed by atoms with Gasteiger partial charge in [0.1, 0.15) is 0 Å². The van der Waals surface area contributed by atoms with E-state index < -0.39 is 0 Å². The Morgan fingerprint density at radius 2 is 2.19 bits per heavy atom. The third kappa shape index (κ3) is 2.35. The number of rotatable bonds is 2. The van der Waals surface area contributed by atoms with E-state index in [2.05, 4.69) is 37.7 Å². The summed E-state index contributed by atoms with van der Waals surface area (Å²) in [7, 11) is 0. The molecular weight excluding hydrogens is 268 g/mol. The molecule has 1 fully saturated rings. The minimum atomic E-state index is 0.370. The maximum Gasteiger partial charge on any atom is 0.225 e. The van der Waals surface area contributed by atoms with Crippen LogP contribution < -0.4 is 10.6 Å². The number of anilines is 1. The third-order valence-electron chi connectivity index (χ3n) is 3.22. The van der Waals surface area contributed by atoms with E-state index in [-0.39, 0.29) is 0 Å². The van der Waals surface area contributed by atoms with E-state index in [1.165, 1.54) is 12.8 Å². The summed E-state index contributed by atoms with van der Waals surface area (Å²) in [6, 6.07) is 0.370. The highest BCUT2D eigenvalue weighted by Gasteiger charge is 2.28. The summed E-state index contributed by atoms with van der Waals surface area (Å²) in [6.07, 6.45) is 6.01. The fourth-order valence-electron chi connectivity index (χ4n) is 2.31. The molecular formula is C11H17BrN4. The molecule has 1 aromatic heterocycles. The van der Waals surface area contributed by atoms with Gasteiger partial charge in [-0.1, -0.05) is 6.92 Å². The number of nitrogens with two attached hydrogens (primary N) is 1. The molecule has 0 bridgehead atoms. The van der Waals surface area contributed by atoms with Gasteiger partial charge in [-0.25, -0.2) is 9.97 Å². The van der Waals surface area contributed by atoms with Gasteiger partial charge in [0.2, 0.25) is 5.95 Å². The van der Waals surface area contributed by atoms with Crippen LogP contribution in [0.1, 0.15) is 19.8 Å². The molecule has 0 spiro atoms. The van der Waals surface area contributed by atoms with Gasteiger partial charge in [0.05, 0.1) is 4.47 Å². The van der Waals surface area contributed by atoms with Crippen molar-refractivity contribution in [3.05, 3.63) is 16.9 Å². The fourth-order valence-corrected chi connectivity index (χ4v) is 2.52. The predicted molar refractivity (Wildman–Crippen MR) is 68.3 cm³/mol. The van der Waals surface area contributed by atoms with Crippen molar-refractivity contribution in [2.24, 2.45) is 11.7 Å². The molecule has 0 aliphatic carbocycles. The second-order valence-corrected chi connectivity index (χ2v) is 5.23. The highest BCUT2D eigenvalue weighted by Crippen LogP contribution is 2.25. The van der Waals surface area contributed by atoms with Crippen LogP contribution in [0.3, 0.4) is 0 Å². The Kier molecular flexibility index (Phi) is 3.76. The van der Waals surface area contributed by atoms with Gasteiger partial charge in [0, 0.05) is 31.5 Å². The second-order valence-electron chi connectivity index (χ2n) is 4.32. The van der Waals surface area contributed by atoms with Crippen molar-refractivity contribution >= 4 is 21.9 Å². The molecule has 0 radical (unpaired) electrons. The number of nitrogens with zero attached hydrogens (tertiary/aromatic N) is 3. The highest BCUT2D eigenvalue weighted by molar-refractivity contribution is 9.10. The third-order valence-corrected chi connectivity index (χ3v) is 3.63. The maximum absolute atomic E-state index is 5.84. The van der Waals surface area contributed by atoms with Crippen LogP contribution in [-0.4, -0.2) is 29.1 Å². The summed E-state index contributed by atoms with van der Waals surface area (Å²) in [6.45, 7) is 3.93. The predicted octanol–water partition coefficient (Wildman–Crippen LogP) is 1.80. The first-order valence-corrected chi connectivity index (χ1v) is 6.46. The van der Waals surface area contributed by atoms with E-state index >= 15 is 0 Å². The van der Waals surface area contributed by atoms with Crippen molar-refractivity contribution < 1.29 is 0 Å². The molecule has 0 aromatic carbocycles. The molecule has 2 N–H and O–H groups in total. The Balaban J connectivity index is 2.20. The van der Waals surface area contributed by atoms with Crippen LogP contribution >= 0.6 is 15.9 Å². The van der Waals surface area contributed by atoms with Crippen molar-refractivity contribution in [2.45, 2.75) is 25.8 Å². The van der Waals surface area contributed by atoms with Crippen LogP contribution in [0.25, 0.3) is 0 Å². The molecule has 88 valence electrons. The smallest absolute Gasteiger partial charge is 0.225 e. The first kappa shape index (κ1) is 11.8. The Morgan fingerprint density at radius 3 is 2.81 bits per heavy atom. The zero-order chi connectivity index (χ0) is 11.5. The van der Waals surface area contributed by atoms with Crippen LogP contribution in [0.15, 0.2) is 16.9 Å².